The number of hydrogen-bond donors (Lipinski definition) is 1. The maximum atomic E-state index is 5.69. The molecule has 0 atom stereocenters. The second-order valence-electron chi connectivity index (χ2n) is 3.94. The van der Waals surface area contributed by atoms with Gasteiger partial charge in [0.15, 0.2) is 5.75 Å². The molecule has 17 heavy (non-hydrogen) atoms. The van der Waals surface area contributed by atoms with Crippen molar-refractivity contribution < 1.29 is 4.74 Å². The van der Waals surface area contributed by atoms with Crippen LogP contribution in [-0.2, 0) is 20.2 Å². The monoisotopic (exact) mass is 231 g/mol. The maximum absolute atomic E-state index is 5.69. The van der Waals surface area contributed by atoms with Crippen LogP contribution in [0.1, 0.15) is 11.1 Å². The zero-order valence-electron chi connectivity index (χ0n) is 10.2. The van der Waals surface area contributed by atoms with Gasteiger partial charge in [0.25, 0.3) is 0 Å². The van der Waals surface area contributed by atoms with Crippen LogP contribution in [0.25, 0.3) is 0 Å². The molecule has 0 aliphatic heterocycles. The number of benzene rings is 1. The van der Waals surface area contributed by atoms with Crippen LogP contribution in [0.5, 0.6) is 5.75 Å². The van der Waals surface area contributed by atoms with Crippen LogP contribution in [0.4, 0.5) is 0 Å². The Balaban J connectivity index is 2.03. The van der Waals surface area contributed by atoms with Gasteiger partial charge in [0, 0.05) is 13.6 Å². The Bertz CT molecular complexity index is 479. The maximum Gasteiger partial charge on any atom is 0.157 e. The van der Waals surface area contributed by atoms with Crippen molar-refractivity contribution in [1.29, 1.82) is 0 Å². The largest absolute Gasteiger partial charge is 0.486 e. The normalized spacial score (nSPS) is 10.5. The highest BCUT2D eigenvalue weighted by Gasteiger charge is 2.02. The Morgan fingerprint density at radius 2 is 2.06 bits per heavy atom. The highest BCUT2D eigenvalue weighted by Crippen LogP contribution is 2.13. The molecular weight excluding hydrogens is 214 g/mol. The number of nitrogens with one attached hydrogen (secondary N) is 1. The van der Waals surface area contributed by atoms with Crippen molar-refractivity contribution in [3.63, 3.8) is 0 Å². The van der Waals surface area contributed by atoms with Gasteiger partial charge in [-0.1, -0.05) is 24.3 Å². The van der Waals surface area contributed by atoms with Gasteiger partial charge >= 0.3 is 0 Å². The first-order chi connectivity index (χ1) is 8.29. The van der Waals surface area contributed by atoms with Crippen molar-refractivity contribution in [2.75, 3.05) is 7.05 Å². The van der Waals surface area contributed by atoms with E-state index < -0.39 is 0 Å². The van der Waals surface area contributed by atoms with E-state index in [1.54, 1.807) is 10.9 Å². The average molecular weight is 231 g/mol. The molecule has 4 nitrogen and oxygen atoms in total. The summed E-state index contributed by atoms with van der Waals surface area (Å²) in [5.41, 5.74) is 2.46. The predicted molar refractivity (Wildman–Crippen MR) is 66.7 cm³/mol. The van der Waals surface area contributed by atoms with Crippen LogP contribution in [0.15, 0.2) is 36.7 Å². The molecule has 0 radical (unpaired) electrons. The molecule has 0 aliphatic carbocycles. The molecule has 2 rings (SSSR count). The molecule has 2 aromatic rings. The zero-order valence-corrected chi connectivity index (χ0v) is 10.2. The lowest BCUT2D eigenvalue weighted by atomic mass is 10.1. The van der Waals surface area contributed by atoms with Gasteiger partial charge in [-0.3, -0.25) is 4.68 Å². The molecule has 0 spiro atoms. The second kappa shape index (κ2) is 5.50. The second-order valence-corrected chi connectivity index (χ2v) is 3.94. The fourth-order valence-electron chi connectivity index (χ4n) is 1.70. The summed E-state index contributed by atoms with van der Waals surface area (Å²) in [6, 6.07) is 8.27. The first kappa shape index (κ1) is 11.7. The highest BCUT2D eigenvalue weighted by molar-refractivity contribution is 5.27. The molecule has 1 heterocycles. The van der Waals surface area contributed by atoms with Crippen molar-refractivity contribution >= 4 is 0 Å². The highest BCUT2D eigenvalue weighted by atomic mass is 16.5. The van der Waals surface area contributed by atoms with E-state index in [0.29, 0.717) is 6.61 Å². The number of hydrogen-bond acceptors (Lipinski definition) is 3. The molecule has 0 saturated carbocycles. The standard InChI is InChI=1S/C13H17N3O/c1-14-7-11-5-3-4-6-12(11)10-17-13-8-15-16(2)9-13/h3-6,8-9,14H,7,10H2,1-2H3. The smallest absolute Gasteiger partial charge is 0.157 e. The summed E-state index contributed by atoms with van der Waals surface area (Å²) in [7, 11) is 3.82. The van der Waals surface area contributed by atoms with Gasteiger partial charge in [0.05, 0.1) is 12.4 Å². The van der Waals surface area contributed by atoms with Crippen LogP contribution in [0.2, 0.25) is 0 Å². The summed E-state index contributed by atoms with van der Waals surface area (Å²) in [5, 5.41) is 7.22. The third-order valence-electron chi connectivity index (χ3n) is 2.56. The molecule has 90 valence electrons. The van der Waals surface area contributed by atoms with Crippen LogP contribution in [0.3, 0.4) is 0 Å². The first-order valence-electron chi connectivity index (χ1n) is 5.62. The average Bonchev–Trinajstić information content (AvgIpc) is 2.74. The molecule has 1 aromatic heterocycles. The van der Waals surface area contributed by atoms with E-state index in [9.17, 15) is 0 Å². The van der Waals surface area contributed by atoms with Crippen LogP contribution >= 0.6 is 0 Å². The molecular formula is C13H17N3O. The summed E-state index contributed by atoms with van der Waals surface area (Å²) in [6.45, 7) is 1.43. The van der Waals surface area contributed by atoms with E-state index in [1.165, 1.54) is 11.1 Å². The van der Waals surface area contributed by atoms with Crippen molar-refractivity contribution in [1.82, 2.24) is 15.1 Å². The van der Waals surface area contributed by atoms with E-state index in [0.717, 1.165) is 12.3 Å². The third-order valence-corrected chi connectivity index (χ3v) is 2.56. The zero-order chi connectivity index (χ0) is 12.1. The minimum Gasteiger partial charge on any atom is -0.486 e. The summed E-state index contributed by atoms with van der Waals surface area (Å²) in [6.07, 6.45) is 3.58. The Hall–Kier alpha value is -1.81. The van der Waals surface area contributed by atoms with E-state index in [-0.39, 0.29) is 0 Å². The predicted octanol–water partition coefficient (Wildman–Crippen LogP) is 1.72. The van der Waals surface area contributed by atoms with E-state index >= 15 is 0 Å². The number of aromatic nitrogens is 2. The number of ether oxygens (including phenoxy) is 1. The number of nitrogens with zero attached hydrogens (tertiary/aromatic N) is 2. The SMILES string of the molecule is CNCc1ccccc1COc1cnn(C)c1. The quantitative estimate of drug-likeness (QED) is 0.851. The Morgan fingerprint density at radius 3 is 2.71 bits per heavy atom. The van der Waals surface area contributed by atoms with Crippen molar-refractivity contribution in [3.05, 3.63) is 47.8 Å². The van der Waals surface area contributed by atoms with Gasteiger partial charge in [0.2, 0.25) is 0 Å². The third kappa shape index (κ3) is 3.07. The summed E-state index contributed by atoms with van der Waals surface area (Å²) >= 11 is 0. The summed E-state index contributed by atoms with van der Waals surface area (Å²) in [4.78, 5) is 0. The molecule has 0 unspecified atom stereocenters. The van der Waals surface area contributed by atoms with Crippen molar-refractivity contribution in [2.24, 2.45) is 7.05 Å². The van der Waals surface area contributed by atoms with Gasteiger partial charge in [-0.25, -0.2) is 0 Å². The number of aryl methyl sites for hydroxylation is 1. The van der Waals surface area contributed by atoms with Gasteiger partial charge in [-0.15, -0.1) is 0 Å². The Labute approximate surface area is 101 Å². The fourth-order valence-corrected chi connectivity index (χ4v) is 1.70. The van der Waals surface area contributed by atoms with Crippen molar-refractivity contribution in [2.45, 2.75) is 13.2 Å². The minimum atomic E-state index is 0.573. The van der Waals surface area contributed by atoms with Gasteiger partial charge < -0.3 is 10.1 Å². The van der Waals surface area contributed by atoms with Gasteiger partial charge in [-0.2, -0.15) is 5.10 Å². The van der Waals surface area contributed by atoms with Gasteiger partial charge in [-0.05, 0) is 18.2 Å². The number of rotatable bonds is 5. The summed E-state index contributed by atoms with van der Waals surface area (Å²) < 4.78 is 7.42. The van der Waals surface area contributed by atoms with Crippen molar-refractivity contribution in [3.8, 4) is 5.75 Å². The molecule has 0 bridgehead atoms. The molecule has 0 amide bonds. The first-order valence-corrected chi connectivity index (χ1v) is 5.62. The van der Waals surface area contributed by atoms with Crippen LogP contribution in [-0.4, -0.2) is 16.8 Å². The molecule has 0 fully saturated rings. The van der Waals surface area contributed by atoms with E-state index in [2.05, 4.69) is 22.5 Å². The Kier molecular flexibility index (Phi) is 3.77. The lowest BCUT2D eigenvalue weighted by Gasteiger charge is -2.09. The minimum absolute atomic E-state index is 0.573. The summed E-state index contributed by atoms with van der Waals surface area (Å²) in [5.74, 6) is 0.798. The van der Waals surface area contributed by atoms with E-state index in [4.69, 9.17) is 4.74 Å². The molecule has 1 N–H and O–H groups in total. The van der Waals surface area contributed by atoms with Crippen LogP contribution in [0, 0.1) is 0 Å². The molecule has 0 saturated heterocycles. The topological polar surface area (TPSA) is 39.1 Å². The Morgan fingerprint density at radius 1 is 1.29 bits per heavy atom. The lowest BCUT2D eigenvalue weighted by molar-refractivity contribution is 0.304. The fraction of sp³-hybridized carbons (Fsp3) is 0.308. The van der Waals surface area contributed by atoms with Crippen LogP contribution < -0.4 is 10.1 Å². The van der Waals surface area contributed by atoms with Gasteiger partial charge in [0.1, 0.15) is 6.61 Å². The molecule has 4 heteroatoms. The molecule has 1 aromatic carbocycles. The molecule has 0 aliphatic rings. The lowest BCUT2D eigenvalue weighted by Crippen LogP contribution is -2.09. The van der Waals surface area contributed by atoms with E-state index in [1.807, 2.05) is 32.4 Å².